The first-order valence-corrected chi connectivity index (χ1v) is 11.0. The Morgan fingerprint density at radius 2 is 2.15 bits per heavy atom. The van der Waals surface area contributed by atoms with E-state index < -0.39 is 29.9 Å². The molecule has 1 fully saturated rings. The number of rotatable bonds is 6. The van der Waals surface area contributed by atoms with E-state index in [1.54, 1.807) is 16.1 Å². The third-order valence-corrected chi connectivity index (χ3v) is 6.49. The van der Waals surface area contributed by atoms with Crippen LogP contribution < -0.4 is 15.6 Å². The van der Waals surface area contributed by atoms with Gasteiger partial charge in [0.1, 0.15) is 18.8 Å². The summed E-state index contributed by atoms with van der Waals surface area (Å²) < 4.78 is 1.75. The molecular formula is C21H23N6O5S+. The van der Waals surface area contributed by atoms with Crippen LogP contribution in [0.25, 0.3) is 5.70 Å². The second-order valence-electron chi connectivity index (χ2n) is 7.78. The average Bonchev–Trinajstić information content (AvgIpc) is 3.22. The summed E-state index contributed by atoms with van der Waals surface area (Å²) in [6.07, 6.45) is 4.56. The highest BCUT2D eigenvalue weighted by Gasteiger charge is 2.55. The molecule has 2 amide bonds. The molecule has 12 heteroatoms. The lowest BCUT2D eigenvalue weighted by Crippen LogP contribution is -2.72. The second-order valence-corrected chi connectivity index (χ2v) is 8.67. The first kappa shape index (κ1) is 22.4. The van der Waals surface area contributed by atoms with Gasteiger partial charge in [-0.1, -0.05) is 5.16 Å². The third-order valence-electron chi connectivity index (χ3n) is 5.81. The molecule has 0 spiro atoms. The van der Waals surface area contributed by atoms with Gasteiger partial charge in [-0.05, 0) is 25.8 Å². The van der Waals surface area contributed by atoms with Gasteiger partial charge in [-0.3, -0.25) is 14.5 Å². The fraction of sp³-hybridized carbons (Fsp3) is 0.333. The van der Waals surface area contributed by atoms with Crippen molar-refractivity contribution in [1.82, 2.24) is 15.2 Å². The van der Waals surface area contributed by atoms with Crippen LogP contribution in [0.3, 0.4) is 0 Å². The number of pyridine rings is 1. The maximum absolute atomic E-state index is 13.0. The van der Waals surface area contributed by atoms with E-state index in [0.29, 0.717) is 18.5 Å². The molecule has 11 nitrogen and oxygen atoms in total. The average molecular weight is 472 g/mol. The Hall–Kier alpha value is -3.80. The van der Waals surface area contributed by atoms with Crippen LogP contribution in [0.2, 0.25) is 0 Å². The van der Waals surface area contributed by atoms with Crippen molar-refractivity contribution in [3.63, 3.8) is 0 Å². The molecule has 172 valence electrons. The molecular weight excluding hydrogens is 448 g/mol. The Labute approximate surface area is 193 Å². The normalized spacial score (nSPS) is 20.3. The predicted molar refractivity (Wildman–Crippen MR) is 119 cm³/mol. The van der Waals surface area contributed by atoms with E-state index in [1.165, 1.54) is 12.0 Å². The highest BCUT2D eigenvalue weighted by molar-refractivity contribution is 7.13. The van der Waals surface area contributed by atoms with Gasteiger partial charge in [0.05, 0.1) is 6.04 Å². The Balaban J connectivity index is 1.59. The molecule has 0 unspecified atom stereocenters. The molecule has 0 radical (unpaired) electrons. The van der Waals surface area contributed by atoms with Crippen LogP contribution in [0.15, 0.2) is 34.7 Å². The van der Waals surface area contributed by atoms with Crippen LogP contribution in [0.1, 0.15) is 29.7 Å². The maximum atomic E-state index is 13.0. The molecule has 4 N–H and O–H groups in total. The first-order chi connectivity index (χ1) is 15.7. The van der Waals surface area contributed by atoms with E-state index in [-0.39, 0.29) is 22.2 Å². The van der Waals surface area contributed by atoms with Gasteiger partial charge in [0.25, 0.3) is 11.8 Å². The molecule has 0 bridgehead atoms. The number of carbonyl (C=O) groups excluding carboxylic acids is 2. The highest BCUT2D eigenvalue weighted by Crippen LogP contribution is 2.37. The van der Waals surface area contributed by atoms with Gasteiger partial charge in [0.2, 0.25) is 5.70 Å². The van der Waals surface area contributed by atoms with Crippen molar-refractivity contribution in [2.75, 3.05) is 12.8 Å². The van der Waals surface area contributed by atoms with Crippen LogP contribution in [-0.4, -0.2) is 57.7 Å². The number of thiazole rings is 1. The molecule has 0 saturated carbocycles. The number of carboxylic acids is 1. The van der Waals surface area contributed by atoms with Gasteiger partial charge in [-0.2, -0.15) is 4.57 Å². The Morgan fingerprint density at radius 3 is 2.76 bits per heavy atom. The van der Waals surface area contributed by atoms with Crippen LogP contribution in [-0.2, 0) is 19.2 Å². The number of fused-ring (bicyclic) bond motifs is 1. The monoisotopic (exact) mass is 471 g/mol. The summed E-state index contributed by atoms with van der Waals surface area (Å²) >= 11 is 1.14. The smallest absolute Gasteiger partial charge is 0.359 e. The zero-order chi connectivity index (χ0) is 23.9. The minimum absolute atomic E-state index is 0.0759. The van der Waals surface area contributed by atoms with E-state index in [9.17, 15) is 19.5 Å². The van der Waals surface area contributed by atoms with Crippen LogP contribution in [0.5, 0.6) is 0 Å². The van der Waals surface area contributed by atoms with Crippen molar-refractivity contribution in [2.24, 2.45) is 5.16 Å². The van der Waals surface area contributed by atoms with Crippen molar-refractivity contribution in [2.45, 2.75) is 38.8 Å². The summed E-state index contributed by atoms with van der Waals surface area (Å²) in [6.45, 7) is 3.91. The van der Waals surface area contributed by atoms with E-state index in [0.717, 1.165) is 22.5 Å². The summed E-state index contributed by atoms with van der Waals surface area (Å²) in [6, 6.07) is 0.542. The lowest BCUT2D eigenvalue weighted by atomic mass is 9.85. The fourth-order valence-corrected chi connectivity index (χ4v) is 4.59. The molecule has 2 atom stereocenters. The van der Waals surface area contributed by atoms with Crippen molar-refractivity contribution < 1.29 is 28.9 Å². The summed E-state index contributed by atoms with van der Waals surface area (Å²) in [5, 5.41) is 18.1. The zero-order valence-electron chi connectivity index (χ0n) is 18.2. The lowest BCUT2D eigenvalue weighted by molar-refractivity contribution is -0.585. The fourth-order valence-electron chi connectivity index (χ4n) is 4.04. The molecule has 2 aliphatic heterocycles. The SMILES string of the molecule is CO/N=C(/C(=O)N[C@@H]1C(=O)N2C(C(=O)O)=C([n+]3ccc(C)c(C)c3)CC[C@H]12)c1csc(N)n1. The van der Waals surface area contributed by atoms with E-state index in [4.69, 9.17) is 10.6 Å². The minimum atomic E-state index is -1.20. The minimum Gasteiger partial charge on any atom is -0.476 e. The molecule has 0 aliphatic carbocycles. The summed E-state index contributed by atoms with van der Waals surface area (Å²) in [7, 11) is 1.29. The van der Waals surface area contributed by atoms with Crippen LogP contribution in [0.4, 0.5) is 5.13 Å². The second kappa shape index (κ2) is 8.62. The van der Waals surface area contributed by atoms with Gasteiger partial charge in [-0.25, -0.2) is 9.78 Å². The van der Waals surface area contributed by atoms with Crippen molar-refractivity contribution in [1.29, 1.82) is 0 Å². The molecule has 2 aromatic rings. The highest BCUT2D eigenvalue weighted by atomic mass is 32.1. The Kier molecular flexibility index (Phi) is 5.85. The number of amides is 2. The molecule has 2 aromatic heterocycles. The maximum Gasteiger partial charge on any atom is 0.359 e. The number of hydrogen-bond acceptors (Lipinski definition) is 8. The predicted octanol–water partition coefficient (Wildman–Crippen LogP) is 0.423. The number of aliphatic carboxylic acids is 1. The van der Waals surface area contributed by atoms with Gasteiger partial charge < -0.3 is 21.0 Å². The number of oxime groups is 1. The van der Waals surface area contributed by atoms with Crippen LogP contribution in [0, 0.1) is 13.8 Å². The molecule has 2 aliphatic rings. The van der Waals surface area contributed by atoms with Gasteiger partial charge in [-0.15, -0.1) is 11.3 Å². The van der Waals surface area contributed by atoms with Crippen LogP contribution >= 0.6 is 11.3 Å². The van der Waals surface area contributed by atoms with Gasteiger partial charge >= 0.3 is 5.97 Å². The van der Waals surface area contributed by atoms with Crippen molar-refractivity contribution in [3.05, 3.63) is 46.4 Å². The Morgan fingerprint density at radius 1 is 1.39 bits per heavy atom. The number of hydrogen-bond donors (Lipinski definition) is 3. The number of β-lactam (4-membered cyclic amide) rings is 1. The van der Waals surface area contributed by atoms with Gasteiger partial charge in [0.15, 0.2) is 28.9 Å². The molecule has 33 heavy (non-hydrogen) atoms. The number of carboxylic acid groups (broad SMARTS) is 1. The largest absolute Gasteiger partial charge is 0.476 e. The number of carbonyl (C=O) groups is 3. The number of aryl methyl sites for hydroxylation is 2. The summed E-state index contributed by atoms with van der Waals surface area (Å²) in [5.74, 6) is -2.35. The zero-order valence-corrected chi connectivity index (χ0v) is 19.0. The molecule has 1 saturated heterocycles. The number of nitrogen functional groups attached to an aromatic ring is 1. The number of aromatic nitrogens is 2. The number of nitrogens with one attached hydrogen (secondary N) is 1. The number of nitrogens with two attached hydrogens (primary N) is 1. The first-order valence-electron chi connectivity index (χ1n) is 10.1. The summed E-state index contributed by atoms with van der Waals surface area (Å²) in [4.78, 5) is 48.0. The number of nitrogens with zero attached hydrogens (tertiary/aromatic N) is 4. The van der Waals surface area contributed by atoms with E-state index >= 15 is 0 Å². The summed E-state index contributed by atoms with van der Waals surface area (Å²) in [5.41, 5.74) is 8.28. The molecule has 4 heterocycles. The van der Waals surface area contributed by atoms with Crippen molar-refractivity contribution >= 4 is 45.7 Å². The number of anilines is 1. The lowest BCUT2D eigenvalue weighted by Gasteiger charge is -2.48. The van der Waals surface area contributed by atoms with E-state index in [1.807, 2.05) is 26.1 Å². The van der Waals surface area contributed by atoms with Crippen molar-refractivity contribution in [3.8, 4) is 0 Å². The standard InChI is InChI=1S/C21H22N6O5S/c1-10-6-7-26(8-11(10)2)14-5-4-13-16(19(29)27(13)17(14)20(30)31)24-18(28)15(25-32-3)12-9-33-21(22)23-12/h6-9,13,16H,4-5H2,1-3H3,(H3-,22,23,24,28,30,31)/p+1/b25-15+/t13-,16+/m1/s1. The topological polar surface area (TPSA) is 151 Å². The Bertz CT molecular complexity index is 1220. The molecule has 0 aromatic carbocycles. The van der Waals surface area contributed by atoms with Gasteiger partial charge in [0, 0.05) is 23.4 Å². The molecule has 4 rings (SSSR count). The quantitative estimate of drug-likeness (QED) is 0.239. The van der Waals surface area contributed by atoms with E-state index in [2.05, 4.69) is 15.5 Å². The number of allylic oxidation sites excluding steroid dienone is 1. The third kappa shape index (κ3) is 3.93.